The molecule has 0 saturated carbocycles. The van der Waals surface area contributed by atoms with Gasteiger partial charge < -0.3 is 15.2 Å². The average molecular weight is 311 g/mol. The number of ether oxygens (including phenoxy) is 2. The van der Waals surface area contributed by atoms with Gasteiger partial charge in [0.2, 0.25) is 0 Å². The summed E-state index contributed by atoms with van der Waals surface area (Å²) in [5, 5.41) is 0.650. The van der Waals surface area contributed by atoms with E-state index in [0.29, 0.717) is 29.9 Å². The van der Waals surface area contributed by atoms with E-state index < -0.39 is 0 Å². The Morgan fingerprint density at radius 1 is 1.24 bits per heavy atom. The zero-order chi connectivity index (χ0) is 14.7. The number of benzene rings is 1. The van der Waals surface area contributed by atoms with Gasteiger partial charge in [-0.1, -0.05) is 11.6 Å². The van der Waals surface area contributed by atoms with Crippen LogP contribution >= 0.6 is 11.6 Å². The molecule has 1 unspecified atom stereocenters. The number of halogens is 1. The molecule has 4 nitrogen and oxygen atoms in total. The molecule has 1 fully saturated rings. The van der Waals surface area contributed by atoms with Crippen LogP contribution < -0.4 is 15.2 Å². The van der Waals surface area contributed by atoms with Crippen molar-refractivity contribution in [2.24, 2.45) is 11.7 Å². The summed E-state index contributed by atoms with van der Waals surface area (Å²) in [4.78, 5) is 2.46. The molecule has 0 radical (unpaired) electrons. The van der Waals surface area contributed by atoms with Gasteiger partial charge in [-0.15, -0.1) is 0 Å². The number of likely N-dealkylation sites (tertiary alicyclic amines) is 1. The molecule has 21 heavy (non-hydrogen) atoms. The molecule has 1 aromatic rings. The van der Waals surface area contributed by atoms with Crippen LogP contribution in [0.15, 0.2) is 12.1 Å². The van der Waals surface area contributed by atoms with Crippen LogP contribution in [-0.2, 0) is 6.54 Å². The summed E-state index contributed by atoms with van der Waals surface area (Å²) < 4.78 is 11.4. The monoisotopic (exact) mass is 310 g/mol. The highest BCUT2D eigenvalue weighted by Gasteiger charge is 2.21. The normalized spacial score (nSPS) is 22.9. The van der Waals surface area contributed by atoms with Crippen LogP contribution in [0, 0.1) is 5.92 Å². The van der Waals surface area contributed by atoms with Crippen molar-refractivity contribution in [3.05, 3.63) is 22.7 Å². The molecule has 1 saturated heterocycles. The van der Waals surface area contributed by atoms with Gasteiger partial charge in [0.1, 0.15) is 0 Å². The standard InChI is InChI=1S/C16H23ClN2O2/c17-14-7-13(8-15-16(14)21-6-2-5-20-15)11-19-4-1-3-12(9-18)10-19/h7-8,12H,1-6,9-11,18H2. The van der Waals surface area contributed by atoms with Gasteiger partial charge >= 0.3 is 0 Å². The number of rotatable bonds is 3. The first kappa shape index (κ1) is 14.9. The quantitative estimate of drug-likeness (QED) is 0.932. The van der Waals surface area contributed by atoms with Crippen LogP contribution in [0.2, 0.25) is 5.02 Å². The van der Waals surface area contributed by atoms with Crippen LogP contribution in [0.4, 0.5) is 0 Å². The fourth-order valence-corrected chi connectivity index (χ4v) is 3.41. The fraction of sp³-hybridized carbons (Fsp3) is 0.625. The van der Waals surface area contributed by atoms with E-state index >= 15 is 0 Å². The van der Waals surface area contributed by atoms with Crippen molar-refractivity contribution >= 4 is 11.6 Å². The lowest BCUT2D eigenvalue weighted by Crippen LogP contribution is -2.37. The molecule has 5 heteroatoms. The molecule has 2 heterocycles. The van der Waals surface area contributed by atoms with E-state index in [4.69, 9.17) is 26.8 Å². The highest BCUT2D eigenvalue weighted by atomic mass is 35.5. The first-order valence-electron chi connectivity index (χ1n) is 7.76. The Kier molecular flexibility index (Phi) is 4.88. The van der Waals surface area contributed by atoms with E-state index in [1.807, 2.05) is 6.07 Å². The van der Waals surface area contributed by atoms with Gasteiger partial charge in [0.15, 0.2) is 11.5 Å². The van der Waals surface area contributed by atoms with Crippen LogP contribution in [-0.4, -0.2) is 37.7 Å². The van der Waals surface area contributed by atoms with Crippen molar-refractivity contribution in [2.75, 3.05) is 32.8 Å². The Balaban J connectivity index is 1.73. The lowest BCUT2D eigenvalue weighted by Gasteiger charge is -2.32. The molecule has 2 N–H and O–H groups in total. The Morgan fingerprint density at radius 2 is 2.10 bits per heavy atom. The zero-order valence-corrected chi connectivity index (χ0v) is 13.1. The number of nitrogens with zero attached hydrogens (tertiary/aromatic N) is 1. The van der Waals surface area contributed by atoms with Crippen molar-refractivity contribution in [2.45, 2.75) is 25.8 Å². The van der Waals surface area contributed by atoms with E-state index in [1.165, 1.54) is 18.4 Å². The number of piperidine rings is 1. The third-order valence-electron chi connectivity index (χ3n) is 4.20. The maximum atomic E-state index is 6.35. The molecule has 1 atom stereocenters. The average Bonchev–Trinajstić information content (AvgIpc) is 2.73. The maximum absolute atomic E-state index is 6.35. The zero-order valence-electron chi connectivity index (χ0n) is 12.3. The molecule has 3 rings (SSSR count). The minimum Gasteiger partial charge on any atom is -0.489 e. The van der Waals surface area contributed by atoms with E-state index in [-0.39, 0.29) is 0 Å². The van der Waals surface area contributed by atoms with Crippen molar-refractivity contribution in [3.63, 3.8) is 0 Å². The van der Waals surface area contributed by atoms with Gasteiger partial charge in [0, 0.05) is 19.5 Å². The predicted octanol–water partition coefficient (Wildman–Crippen LogP) is 2.67. The van der Waals surface area contributed by atoms with Gasteiger partial charge in [0.25, 0.3) is 0 Å². The van der Waals surface area contributed by atoms with Crippen LogP contribution in [0.1, 0.15) is 24.8 Å². The van der Waals surface area contributed by atoms with Crippen molar-refractivity contribution in [3.8, 4) is 11.5 Å². The molecule has 0 aromatic heterocycles. The smallest absolute Gasteiger partial charge is 0.179 e. The molecule has 0 bridgehead atoms. The van der Waals surface area contributed by atoms with Gasteiger partial charge in [0.05, 0.1) is 18.2 Å². The van der Waals surface area contributed by atoms with Gasteiger partial charge in [-0.05, 0) is 49.5 Å². The number of hydrogen-bond donors (Lipinski definition) is 1. The summed E-state index contributed by atoms with van der Waals surface area (Å²) in [7, 11) is 0. The van der Waals surface area contributed by atoms with Gasteiger partial charge in [-0.3, -0.25) is 4.90 Å². The summed E-state index contributed by atoms with van der Waals surface area (Å²) >= 11 is 6.35. The summed E-state index contributed by atoms with van der Waals surface area (Å²) in [5.41, 5.74) is 6.99. The molecule has 0 aliphatic carbocycles. The van der Waals surface area contributed by atoms with Crippen molar-refractivity contribution in [1.82, 2.24) is 4.90 Å². The second-order valence-corrected chi connectivity index (χ2v) is 6.34. The molecule has 116 valence electrons. The van der Waals surface area contributed by atoms with E-state index in [9.17, 15) is 0 Å². The summed E-state index contributed by atoms with van der Waals surface area (Å²) in [6, 6.07) is 4.07. The highest BCUT2D eigenvalue weighted by molar-refractivity contribution is 6.32. The summed E-state index contributed by atoms with van der Waals surface area (Å²) in [5.74, 6) is 2.09. The molecule has 2 aliphatic rings. The van der Waals surface area contributed by atoms with Crippen LogP contribution in [0.25, 0.3) is 0 Å². The first-order chi connectivity index (χ1) is 10.3. The maximum Gasteiger partial charge on any atom is 0.179 e. The summed E-state index contributed by atoms with van der Waals surface area (Å²) in [6.07, 6.45) is 3.36. The lowest BCUT2D eigenvalue weighted by atomic mass is 9.98. The number of nitrogens with two attached hydrogens (primary N) is 1. The SMILES string of the molecule is NCC1CCCN(Cc2cc(Cl)c3c(c2)OCCCO3)C1. The topological polar surface area (TPSA) is 47.7 Å². The van der Waals surface area contributed by atoms with Gasteiger partial charge in [-0.25, -0.2) is 0 Å². The van der Waals surface area contributed by atoms with Crippen LogP contribution in [0.5, 0.6) is 11.5 Å². The fourth-order valence-electron chi connectivity index (χ4n) is 3.12. The molecular weight excluding hydrogens is 288 g/mol. The van der Waals surface area contributed by atoms with Gasteiger partial charge in [-0.2, -0.15) is 0 Å². The molecule has 0 spiro atoms. The highest BCUT2D eigenvalue weighted by Crippen LogP contribution is 2.38. The third kappa shape index (κ3) is 3.62. The van der Waals surface area contributed by atoms with E-state index in [2.05, 4.69) is 11.0 Å². The Labute approximate surface area is 131 Å². The van der Waals surface area contributed by atoms with Crippen molar-refractivity contribution in [1.29, 1.82) is 0 Å². The summed E-state index contributed by atoms with van der Waals surface area (Å²) in [6.45, 7) is 5.22. The van der Waals surface area contributed by atoms with E-state index in [0.717, 1.165) is 38.3 Å². The van der Waals surface area contributed by atoms with E-state index in [1.54, 1.807) is 0 Å². The molecule has 1 aromatic carbocycles. The minimum atomic E-state index is 0.620. The second kappa shape index (κ2) is 6.86. The Morgan fingerprint density at radius 3 is 2.95 bits per heavy atom. The Bertz CT molecular complexity index is 495. The largest absolute Gasteiger partial charge is 0.489 e. The third-order valence-corrected chi connectivity index (χ3v) is 4.49. The molecular formula is C16H23ClN2O2. The second-order valence-electron chi connectivity index (χ2n) is 5.93. The van der Waals surface area contributed by atoms with Crippen LogP contribution in [0.3, 0.4) is 0 Å². The minimum absolute atomic E-state index is 0.620. The lowest BCUT2D eigenvalue weighted by molar-refractivity contribution is 0.171. The van der Waals surface area contributed by atoms with Crippen molar-refractivity contribution < 1.29 is 9.47 Å². The Hall–Kier alpha value is -0.970. The predicted molar refractivity (Wildman–Crippen MR) is 84.1 cm³/mol. The number of hydrogen-bond acceptors (Lipinski definition) is 4. The first-order valence-corrected chi connectivity index (χ1v) is 8.14. The molecule has 0 amide bonds. The molecule has 2 aliphatic heterocycles. The number of fused-ring (bicyclic) bond motifs is 1.